The number of ether oxygens (including phenoxy) is 3. The number of rotatable bonds is 7. The number of fused-ring (bicyclic) bond motifs is 3. The van der Waals surface area contributed by atoms with Crippen LogP contribution in [0.3, 0.4) is 0 Å². The molecule has 5 nitrogen and oxygen atoms in total. The Morgan fingerprint density at radius 3 is 2.64 bits per heavy atom. The van der Waals surface area contributed by atoms with Crippen molar-refractivity contribution in [2.45, 2.75) is 77.6 Å². The summed E-state index contributed by atoms with van der Waals surface area (Å²) in [6.45, 7) is 11.0. The lowest BCUT2D eigenvalue weighted by Crippen LogP contribution is -2.52. The van der Waals surface area contributed by atoms with Crippen LogP contribution in [0.15, 0.2) is 42.5 Å². The lowest BCUT2D eigenvalue weighted by atomic mass is 9.71. The number of aryl methyl sites for hydroxylation is 1. The van der Waals surface area contributed by atoms with Gasteiger partial charge >= 0.3 is 5.97 Å². The molecule has 0 amide bonds. The number of carbonyl (C=O) groups is 1. The van der Waals surface area contributed by atoms with E-state index in [1.807, 2.05) is 31.2 Å². The third-order valence-corrected chi connectivity index (χ3v) is 7.19. The number of hydrogen-bond donors (Lipinski definition) is 1. The van der Waals surface area contributed by atoms with Gasteiger partial charge in [0.05, 0.1) is 24.7 Å². The van der Waals surface area contributed by atoms with Crippen molar-refractivity contribution < 1.29 is 24.1 Å². The van der Waals surface area contributed by atoms with Gasteiger partial charge < -0.3 is 19.3 Å². The highest BCUT2D eigenvalue weighted by Crippen LogP contribution is 2.54. The van der Waals surface area contributed by atoms with Gasteiger partial charge in [-0.05, 0) is 63.1 Å². The van der Waals surface area contributed by atoms with Gasteiger partial charge in [-0.25, -0.2) is 0 Å². The summed E-state index contributed by atoms with van der Waals surface area (Å²) < 4.78 is 19.0. The number of hydrogen-bond acceptors (Lipinski definition) is 4. The lowest BCUT2D eigenvalue weighted by molar-refractivity contribution is -0.188. The second-order valence-electron chi connectivity index (χ2n) is 10.1. The van der Waals surface area contributed by atoms with Crippen LogP contribution in [0.1, 0.15) is 76.2 Å². The zero-order valence-electron chi connectivity index (χ0n) is 20.3. The average Bonchev–Trinajstić information content (AvgIpc) is 2.77. The quantitative estimate of drug-likeness (QED) is 0.545. The van der Waals surface area contributed by atoms with Crippen molar-refractivity contribution in [3.8, 4) is 11.5 Å². The highest BCUT2D eigenvalue weighted by molar-refractivity contribution is 5.71. The fourth-order valence-electron chi connectivity index (χ4n) is 5.41. The molecule has 33 heavy (non-hydrogen) atoms. The third kappa shape index (κ3) is 4.61. The molecule has 1 fully saturated rings. The van der Waals surface area contributed by atoms with Crippen LogP contribution in [-0.2, 0) is 16.0 Å². The minimum absolute atomic E-state index is 0.0273. The van der Waals surface area contributed by atoms with Crippen molar-refractivity contribution in [2.24, 2.45) is 11.8 Å². The van der Waals surface area contributed by atoms with Crippen molar-refractivity contribution >= 4 is 5.97 Å². The van der Waals surface area contributed by atoms with Gasteiger partial charge in [0.2, 0.25) is 0 Å². The SMILES string of the molecule is CCOc1ccccc1CC[C@@H]1O[C@@H]2c3cccc(C(C)C)c3OC(C)(C)[C@H]2C[C@H]1C(=O)O. The molecule has 0 aliphatic carbocycles. The van der Waals surface area contributed by atoms with Crippen LogP contribution in [0.5, 0.6) is 11.5 Å². The zero-order valence-corrected chi connectivity index (χ0v) is 20.3. The second kappa shape index (κ2) is 9.38. The van der Waals surface area contributed by atoms with E-state index >= 15 is 0 Å². The first-order valence-corrected chi connectivity index (χ1v) is 12.1. The standard InChI is InChI=1S/C28H36O5/c1-6-31-23-13-8-7-10-18(23)14-15-24-21(27(29)30)16-22-26(32-24)20-12-9-11-19(17(2)3)25(20)33-28(22,4)5/h7-13,17,21-22,24,26H,6,14-16H2,1-5H3,(H,29,30)/t21-,22+,24+,26-/m1/s1. The molecule has 0 saturated carbocycles. The maximum atomic E-state index is 12.3. The van der Waals surface area contributed by atoms with Gasteiger partial charge in [0.25, 0.3) is 0 Å². The molecular weight excluding hydrogens is 416 g/mol. The number of carboxylic acids is 1. The van der Waals surface area contributed by atoms with E-state index in [1.54, 1.807) is 0 Å². The van der Waals surface area contributed by atoms with Gasteiger partial charge in [0.1, 0.15) is 17.1 Å². The Hall–Kier alpha value is -2.53. The summed E-state index contributed by atoms with van der Waals surface area (Å²) in [5, 5.41) is 10.1. The molecule has 0 aromatic heterocycles. The predicted octanol–water partition coefficient (Wildman–Crippen LogP) is 6.16. The van der Waals surface area contributed by atoms with Crippen molar-refractivity contribution in [1.29, 1.82) is 0 Å². The highest BCUT2D eigenvalue weighted by Gasteiger charge is 2.52. The van der Waals surface area contributed by atoms with Gasteiger partial charge in [0, 0.05) is 11.5 Å². The molecule has 4 atom stereocenters. The summed E-state index contributed by atoms with van der Waals surface area (Å²) in [5.41, 5.74) is 2.80. The van der Waals surface area contributed by atoms with Gasteiger partial charge in [-0.15, -0.1) is 0 Å². The Kier molecular flexibility index (Phi) is 6.71. The van der Waals surface area contributed by atoms with E-state index in [0.29, 0.717) is 31.8 Å². The topological polar surface area (TPSA) is 65.0 Å². The van der Waals surface area contributed by atoms with E-state index in [4.69, 9.17) is 14.2 Å². The fourth-order valence-corrected chi connectivity index (χ4v) is 5.41. The van der Waals surface area contributed by atoms with E-state index in [9.17, 15) is 9.90 Å². The van der Waals surface area contributed by atoms with E-state index in [2.05, 4.69) is 45.9 Å². The third-order valence-electron chi connectivity index (χ3n) is 7.19. The first-order chi connectivity index (χ1) is 15.7. The van der Waals surface area contributed by atoms with Gasteiger partial charge in [-0.1, -0.05) is 50.2 Å². The van der Waals surface area contributed by atoms with Crippen LogP contribution >= 0.6 is 0 Å². The monoisotopic (exact) mass is 452 g/mol. The molecule has 4 rings (SSSR count). The molecule has 2 aromatic rings. The Morgan fingerprint density at radius 2 is 1.94 bits per heavy atom. The molecule has 2 aliphatic heterocycles. The van der Waals surface area contributed by atoms with Crippen molar-refractivity contribution in [3.05, 3.63) is 59.2 Å². The minimum Gasteiger partial charge on any atom is -0.494 e. The molecule has 2 aromatic carbocycles. The van der Waals surface area contributed by atoms with E-state index in [0.717, 1.165) is 22.6 Å². The van der Waals surface area contributed by atoms with E-state index in [1.165, 1.54) is 5.56 Å². The Balaban J connectivity index is 1.64. The van der Waals surface area contributed by atoms with Gasteiger partial charge in [-0.3, -0.25) is 4.79 Å². The summed E-state index contributed by atoms with van der Waals surface area (Å²) >= 11 is 0. The van der Waals surface area contributed by atoms with E-state index < -0.39 is 17.5 Å². The zero-order chi connectivity index (χ0) is 23.8. The molecular formula is C28H36O5. The van der Waals surface area contributed by atoms with Crippen LogP contribution in [-0.4, -0.2) is 29.4 Å². The summed E-state index contributed by atoms with van der Waals surface area (Å²) in [6, 6.07) is 14.2. The van der Waals surface area contributed by atoms with Crippen LogP contribution in [0.2, 0.25) is 0 Å². The minimum atomic E-state index is -0.797. The molecule has 1 saturated heterocycles. The Bertz CT molecular complexity index is 996. The summed E-state index contributed by atoms with van der Waals surface area (Å²) in [4.78, 5) is 12.3. The number of carboxylic acid groups (broad SMARTS) is 1. The Morgan fingerprint density at radius 1 is 1.18 bits per heavy atom. The van der Waals surface area contributed by atoms with Crippen LogP contribution in [0, 0.1) is 11.8 Å². The molecule has 2 heterocycles. The molecule has 0 spiro atoms. The van der Waals surface area contributed by atoms with Crippen LogP contribution < -0.4 is 9.47 Å². The number of aliphatic carboxylic acids is 1. The van der Waals surface area contributed by atoms with Crippen molar-refractivity contribution in [1.82, 2.24) is 0 Å². The molecule has 5 heteroatoms. The number of benzene rings is 2. The molecule has 0 radical (unpaired) electrons. The average molecular weight is 453 g/mol. The first-order valence-electron chi connectivity index (χ1n) is 12.1. The fraction of sp³-hybridized carbons (Fsp3) is 0.536. The first kappa shape index (κ1) is 23.6. The molecule has 178 valence electrons. The van der Waals surface area contributed by atoms with Gasteiger partial charge in [-0.2, -0.15) is 0 Å². The largest absolute Gasteiger partial charge is 0.494 e. The summed E-state index contributed by atoms with van der Waals surface area (Å²) in [7, 11) is 0. The number of para-hydroxylation sites is 2. The van der Waals surface area contributed by atoms with Crippen LogP contribution in [0.25, 0.3) is 0 Å². The van der Waals surface area contributed by atoms with Gasteiger partial charge in [0.15, 0.2) is 0 Å². The summed E-state index contributed by atoms with van der Waals surface area (Å²) in [6.07, 6.45) is 1.33. The highest BCUT2D eigenvalue weighted by atomic mass is 16.5. The molecule has 0 unspecified atom stereocenters. The molecule has 0 bridgehead atoms. The molecule has 2 aliphatic rings. The Labute approximate surface area is 197 Å². The van der Waals surface area contributed by atoms with Crippen LogP contribution in [0.4, 0.5) is 0 Å². The second-order valence-corrected chi connectivity index (χ2v) is 10.1. The summed E-state index contributed by atoms with van der Waals surface area (Å²) in [5.74, 6) is 0.707. The smallest absolute Gasteiger partial charge is 0.309 e. The maximum absolute atomic E-state index is 12.3. The maximum Gasteiger partial charge on any atom is 0.309 e. The van der Waals surface area contributed by atoms with Crippen molar-refractivity contribution in [2.75, 3.05) is 6.61 Å². The molecule has 1 N–H and O–H groups in total. The van der Waals surface area contributed by atoms with Crippen molar-refractivity contribution in [3.63, 3.8) is 0 Å². The van der Waals surface area contributed by atoms with E-state index in [-0.39, 0.29) is 18.1 Å². The predicted molar refractivity (Wildman–Crippen MR) is 128 cm³/mol. The lowest BCUT2D eigenvalue weighted by Gasteiger charge is -2.51. The normalized spacial score (nSPS) is 25.6.